The summed E-state index contributed by atoms with van der Waals surface area (Å²) in [5, 5.41) is 0.592. The molecule has 0 unspecified atom stereocenters. The van der Waals surface area contributed by atoms with Crippen LogP contribution in [0.2, 0.25) is 5.02 Å². The van der Waals surface area contributed by atoms with Crippen LogP contribution in [0, 0.1) is 0 Å². The third-order valence-electron chi connectivity index (χ3n) is 5.09. The number of rotatable bonds is 4. The Morgan fingerprint density at radius 2 is 1.00 bits per heavy atom. The summed E-state index contributed by atoms with van der Waals surface area (Å²) >= 11 is 10.2. The van der Waals surface area contributed by atoms with Crippen molar-refractivity contribution in [1.82, 2.24) is 15.0 Å². The summed E-state index contributed by atoms with van der Waals surface area (Å²) in [7, 11) is 0. The van der Waals surface area contributed by atoms with Crippen molar-refractivity contribution in [3.8, 4) is 45.3 Å². The standard InChI is InChI=1S/C27H17BrClN3/c28-22-14-11-18(12-15-22)21-13-16-23(24(29)17-21)27-31-25(19-7-3-1-4-8-19)30-26(32-27)20-9-5-2-6-10-20/h1-17H. The lowest BCUT2D eigenvalue weighted by molar-refractivity contribution is 1.07. The average Bonchev–Trinajstić information content (AvgIpc) is 2.85. The first-order valence-electron chi connectivity index (χ1n) is 10.1. The number of halogens is 2. The highest BCUT2D eigenvalue weighted by molar-refractivity contribution is 9.10. The molecule has 0 amide bonds. The Morgan fingerprint density at radius 3 is 1.53 bits per heavy atom. The molecule has 0 bridgehead atoms. The smallest absolute Gasteiger partial charge is 0.165 e. The molecule has 32 heavy (non-hydrogen) atoms. The zero-order valence-corrected chi connectivity index (χ0v) is 19.3. The van der Waals surface area contributed by atoms with E-state index in [1.165, 1.54) is 0 Å². The molecule has 4 aromatic carbocycles. The molecule has 0 aliphatic carbocycles. The molecule has 0 spiro atoms. The molecule has 1 heterocycles. The van der Waals surface area contributed by atoms with Gasteiger partial charge in [0.25, 0.3) is 0 Å². The quantitative estimate of drug-likeness (QED) is 0.252. The largest absolute Gasteiger partial charge is 0.208 e. The number of nitrogens with zero attached hydrogens (tertiary/aromatic N) is 3. The van der Waals surface area contributed by atoms with Crippen LogP contribution in [0.5, 0.6) is 0 Å². The molecular weight excluding hydrogens is 482 g/mol. The van der Waals surface area contributed by atoms with Gasteiger partial charge in [0, 0.05) is 21.2 Å². The SMILES string of the molecule is Clc1cc(-c2ccc(Br)cc2)ccc1-c1nc(-c2ccccc2)nc(-c2ccccc2)n1. The summed E-state index contributed by atoms with van der Waals surface area (Å²) in [5.41, 5.74) is 4.75. The van der Waals surface area contributed by atoms with Crippen LogP contribution in [0.1, 0.15) is 0 Å². The number of hydrogen-bond acceptors (Lipinski definition) is 3. The van der Waals surface area contributed by atoms with Crippen molar-refractivity contribution < 1.29 is 0 Å². The fourth-order valence-electron chi connectivity index (χ4n) is 3.45. The number of aromatic nitrogens is 3. The predicted molar refractivity (Wildman–Crippen MR) is 134 cm³/mol. The van der Waals surface area contributed by atoms with Crippen molar-refractivity contribution in [1.29, 1.82) is 0 Å². The molecule has 0 aliphatic rings. The van der Waals surface area contributed by atoms with E-state index in [4.69, 9.17) is 26.6 Å². The van der Waals surface area contributed by atoms with Crippen LogP contribution in [0.25, 0.3) is 45.3 Å². The van der Waals surface area contributed by atoms with Crippen LogP contribution in [-0.2, 0) is 0 Å². The summed E-state index contributed by atoms with van der Waals surface area (Å²) < 4.78 is 1.04. The Labute approximate surface area is 199 Å². The molecule has 0 radical (unpaired) electrons. The minimum Gasteiger partial charge on any atom is -0.208 e. The first-order chi connectivity index (χ1) is 15.7. The highest BCUT2D eigenvalue weighted by Gasteiger charge is 2.14. The molecule has 5 rings (SSSR count). The van der Waals surface area contributed by atoms with Gasteiger partial charge in [-0.2, -0.15) is 0 Å². The van der Waals surface area contributed by atoms with Crippen LogP contribution in [0.15, 0.2) is 108 Å². The molecule has 0 fully saturated rings. The maximum Gasteiger partial charge on any atom is 0.165 e. The molecule has 154 valence electrons. The first kappa shape index (κ1) is 20.6. The van der Waals surface area contributed by atoms with Crippen LogP contribution in [-0.4, -0.2) is 15.0 Å². The van der Waals surface area contributed by atoms with E-state index in [-0.39, 0.29) is 0 Å². The minimum absolute atomic E-state index is 0.546. The summed E-state index contributed by atoms with van der Waals surface area (Å²) in [5.74, 6) is 1.77. The summed E-state index contributed by atoms with van der Waals surface area (Å²) in [6.07, 6.45) is 0. The zero-order chi connectivity index (χ0) is 21.9. The number of hydrogen-bond donors (Lipinski definition) is 0. The van der Waals surface area contributed by atoms with E-state index in [1.807, 2.05) is 91.0 Å². The van der Waals surface area contributed by atoms with Gasteiger partial charge in [-0.3, -0.25) is 0 Å². The van der Waals surface area contributed by atoms with Crippen molar-refractivity contribution in [2.24, 2.45) is 0 Å². The van der Waals surface area contributed by atoms with E-state index in [1.54, 1.807) is 0 Å². The molecule has 1 aromatic heterocycles. The van der Waals surface area contributed by atoms with E-state index < -0.39 is 0 Å². The molecule has 0 saturated heterocycles. The van der Waals surface area contributed by atoms with Crippen molar-refractivity contribution >= 4 is 27.5 Å². The predicted octanol–water partition coefficient (Wildman–Crippen LogP) is 7.96. The van der Waals surface area contributed by atoms with Gasteiger partial charge < -0.3 is 0 Å². The third-order valence-corrected chi connectivity index (χ3v) is 5.93. The Balaban J connectivity index is 1.63. The fourth-order valence-corrected chi connectivity index (χ4v) is 3.98. The average molecular weight is 499 g/mol. The molecule has 0 atom stereocenters. The van der Waals surface area contributed by atoms with Crippen LogP contribution >= 0.6 is 27.5 Å². The molecule has 0 aliphatic heterocycles. The van der Waals surface area contributed by atoms with Gasteiger partial charge in [0.2, 0.25) is 0 Å². The summed E-state index contributed by atoms with van der Waals surface area (Å²) in [4.78, 5) is 14.3. The maximum absolute atomic E-state index is 6.73. The van der Waals surface area contributed by atoms with Gasteiger partial charge >= 0.3 is 0 Å². The topological polar surface area (TPSA) is 38.7 Å². The molecule has 5 aromatic rings. The Morgan fingerprint density at radius 1 is 0.500 bits per heavy atom. The van der Waals surface area contributed by atoms with Crippen molar-refractivity contribution in [2.45, 2.75) is 0 Å². The van der Waals surface area contributed by atoms with E-state index in [0.717, 1.165) is 32.3 Å². The first-order valence-corrected chi connectivity index (χ1v) is 11.3. The van der Waals surface area contributed by atoms with Crippen molar-refractivity contribution in [3.63, 3.8) is 0 Å². The van der Waals surface area contributed by atoms with Crippen LogP contribution < -0.4 is 0 Å². The van der Waals surface area contributed by atoms with E-state index in [0.29, 0.717) is 22.5 Å². The van der Waals surface area contributed by atoms with Gasteiger partial charge in [0.15, 0.2) is 17.5 Å². The Bertz CT molecular complexity index is 1310. The molecule has 0 saturated carbocycles. The Kier molecular flexibility index (Phi) is 5.80. The molecule has 5 heteroatoms. The van der Waals surface area contributed by atoms with Gasteiger partial charge in [-0.05, 0) is 35.4 Å². The lowest BCUT2D eigenvalue weighted by Gasteiger charge is -2.10. The Hall–Kier alpha value is -3.34. The number of benzene rings is 4. The highest BCUT2D eigenvalue weighted by atomic mass is 79.9. The van der Waals surface area contributed by atoms with Crippen molar-refractivity contribution in [2.75, 3.05) is 0 Å². The zero-order valence-electron chi connectivity index (χ0n) is 16.9. The van der Waals surface area contributed by atoms with Crippen molar-refractivity contribution in [3.05, 3.63) is 113 Å². The van der Waals surface area contributed by atoms with E-state index >= 15 is 0 Å². The third kappa shape index (κ3) is 4.33. The van der Waals surface area contributed by atoms with Gasteiger partial charge in [-0.25, -0.2) is 15.0 Å². The normalized spacial score (nSPS) is 10.8. The van der Waals surface area contributed by atoms with Gasteiger partial charge in [-0.15, -0.1) is 0 Å². The van der Waals surface area contributed by atoms with Gasteiger partial charge in [-0.1, -0.05) is 106 Å². The van der Waals surface area contributed by atoms with E-state index in [2.05, 4.69) is 28.1 Å². The van der Waals surface area contributed by atoms with E-state index in [9.17, 15) is 0 Å². The minimum atomic E-state index is 0.546. The monoisotopic (exact) mass is 497 g/mol. The lowest BCUT2D eigenvalue weighted by atomic mass is 10.0. The summed E-state index contributed by atoms with van der Waals surface area (Å²) in [6.45, 7) is 0. The molecule has 0 N–H and O–H groups in total. The lowest BCUT2D eigenvalue weighted by Crippen LogP contribution is -2.00. The fraction of sp³-hybridized carbons (Fsp3) is 0. The molecular formula is C27H17BrClN3. The second-order valence-electron chi connectivity index (χ2n) is 7.24. The second kappa shape index (κ2) is 9.03. The second-order valence-corrected chi connectivity index (χ2v) is 8.56. The maximum atomic E-state index is 6.73. The summed E-state index contributed by atoms with van der Waals surface area (Å²) in [6, 6.07) is 33.9. The van der Waals surface area contributed by atoms with Gasteiger partial charge in [0.05, 0.1) is 5.02 Å². The highest BCUT2D eigenvalue weighted by Crippen LogP contribution is 2.33. The molecule has 3 nitrogen and oxygen atoms in total. The van der Waals surface area contributed by atoms with Gasteiger partial charge in [0.1, 0.15) is 0 Å². The van der Waals surface area contributed by atoms with Crippen LogP contribution in [0.3, 0.4) is 0 Å². The van der Waals surface area contributed by atoms with Crippen LogP contribution in [0.4, 0.5) is 0 Å².